The van der Waals surface area contributed by atoms with E-state index in [1.807, 2.05) is 0 Å². The molecule has 0 aliphatic rings. The summed E-state index contributed by atoms with van der Waals surface area (Å²) in [5.41, 5.74) is 5.25. The fourth-order valence-electron chi connectivity index (χ4n) is 1.25. The Bertz CT molecular complexity index is 435. The topological polar surface area (TPSA) is 88.2 Å². The molecule has 1 heterocycles. The lowest BCUT2D eigenvalue weighted by atomic mass is 10.2. The molecule has 0 aliphatic carbocycles. The van der Waals surface area contributed by atoms with Gasteiger partial charge in [0, 0.05) is 13.0 Å². The zero-order valence-corrected chi connectivity index (χ0v) is 9.29. The predicted molar refractivity (Wildman–Crippen MR) is 59.4 cm³/mol. The van der Waals surface area contributed by atoms with E-state index in [0.29, 0.717) is 0 Å². The van der Waals surface area contributed by atoms with Gasteiger partial charge in [0.15, 0.2) is 0 Å². The van der Waals surface area contributed by atoms with Gasteiger partial charge in [0.25, 0.3) is 0 Å². The molecule has 100 valence electrons. The van der Waals surface area contributed by atoms with Gasteiger partial charge in [-0.05, 0) is 12.5 Å². The average Bonchev–Trinajstić information content (AvgIpc) is 2.24. The van der Waals surface area contributed by atoms with Gasteiger partial charge in [0.1, 0.15) is 5.82 Å². The van der Waals surface area contributed by atoms with Gasteiger partial charge in [0.05, 0.1) is 17.4 Å². The zero-order chi connectivity index (χ0) is 13.8. The maximum atomic E-state index is 11.9. The van der Waals surface area contributed by atoms with Crippen molar-refractivity contribution in [2.45, 2.75) is 19.0 Å². The molecule has 1 aromatic heterocycles. The number of carbonyl (C=O) groups is 1. The third-order valence-electron chi connectivity index (χ3n) is 2.11. The van der Waals surface area contributed by atoms with E-state index in [4.69, 9.17) is 10.8 Å². The van der Waals surface area contributed by atoms with Crippen molar-refractivity contribution in [1.82, 2.24) is 4.98 Å². The van der Waals surface area contributed by atoms with Crippen LogP contribution in [-0.4, -0.2) is 28.8 Å². The number of alkyl halides is 3. The number of anilines is 2. The number of aromatic carboxylic acids is 1. The van der Waals surface area contributed by atoms with E-state index in [2.05, 4.69) is 10.3 Å². The highest BCUT2D eigenvalue weighted by molar-refractivity contribution is 5.94. The molecule has 0 unspecified atom stereocenters. The Labute approximate surface area is 101 Å². The van der Waals surface area contributed by atoms with Crippen LogP contribution in [0.3, 0.4) is 0 Å². The van der Waals surface area contributed by atoms with E-state index in [9.17, 15) is 18.0 Å². The van der Waals surface area contributed by atoms with Gasteiger partial charge in [0.2, 0.25) is 0 Å². The Balaban J connectivity index is 2.53. The summed E-state index contributed by atoms with van der Waals surface area (Å²) in [6.45, 7) is 0.0511. The van der Waals surface area contributed by atoms with Crippen LogP contribution in [0.25, 0.3) is 0 Å². The van der Waals surface area contributed by atoms with E-state index in [0.717, 1.165) is 6.20 Å². The fourth-order valence-corrected chi connectivity index (χ4v) is 1.25. The van der Waals surface area contributed by atoms with E-state index < -0.39 is 18.6 Å². The molecule has 0 radical (unpaired) electrons. The molecule has 0 bridgehead atoms. The summed E-state index contributed by atoms with van der Waals surface area (Å²) in [5, 5.41) is 11.4. The van der Waals surface area contributed by atoms with Crippen LogP contribution in [0, 0.1) is 0 Å². The van der Waals surface area contributed by atoms with Crippen molar-refractivity contribution >= 4 is 17.5 Å². The Morgan fingerprint density at radius 1 is 1.50 bits per heavy atom. The second-order valence-electron chi connectivity index (χ2n) is 3.61. The second-order valence-corrected chi connectivity index (χ2v) is 3.61. The lowest BCUT2D eigenvalue weighted by molar-refractivity contribution is -0.134. The minimum Gasteiger partial charge on any atom is -0.478 e. The maximum Gasteiger partial charge on any atom is 0.389 e. The second kappa shape index (κ2) is 5.56. The first-order valence-corrected chi connectivity index (χ1v) is 5.09. The van der Waals surface area contributed by atoms with Crippen molar-refractivity contribution in [2.75, 3.05) is 17.6 Å². The Morgan fingerprint density at radius 2 is 2.17 bits per heavy atom. The summed E-state index contributed by atoms with van der Waals surface area (Å²) in [4.78, 5) is 14.5. The molecular formula is C10H12F3N3O2. The first kappa shape index (κ1) is 14.1. The number of pyridine rings is 1. The van der Waals surface area contributed by atoms with Crippen molar-refractivity contribution in [3.05, 3.63) is 17.8 Å². The SMILES string of the molecule is Nc1cnc(NCCCC(F)(F)F)cc1C(=O)O. The molecule has 18 heavy (non-hydrogen) atoms. The smallest absolute Gasteiger partial charge is 0.389 e. The van der Waals surface area contributed by atoms with E-state index in [1.165, 1.54) is 6.07 Å². The summed E-state index contributed by atoms with van der Waals surface area (Å²) < 4.78 is 35.6. The van der Waals surface area contributed by atoms with Crippen molar-refractivity contribution in [2.24, 2.45) is 0 Å². The van der Waals surface area contributed by atoms with Crippen LogP contribution in [0.15, 0.2) is 12.3 Å². The molecule has 1 aromatic rings. The lowest BCUT2D eigenvalue weighted by Gasteiger charge is -2.09. The number of carboxylic acid groups (broad SMARTS) is 1. The minimum atomic E-state index is -4.19. The van der Waals surface area contributed by atoms with Crippen molar-refractivity contribution < 1.29 is 23.1 Å². The van der Waals surface area contributed by atoms with Crippen LogP contribution >= 0.6 is 0 Å². The molecule has 0 saturated heterocycles. The number of hydrogen-bond donors (Lipinski definition) is 3. The van der Waals surface area contributed by atoms with Gasteiger partial charge in [-0.2, -0.15) is 13.2 Å². The number of nitrogens with one attached hydrogen (secondary N) is 1. The average molecular weight is 263 g/mol. The first-order chi connectivity index (χ1) is 8.29. The molecule has 0 fully saturated rings. The quantitative estimate of drug-likeness (QED) is 0.708. The van der Waals surface area contributed by atoms with Gasteiger partial charge in [-0.3, -0.25) is 0 Å². The van der Waals surface area contributed by atoms with Crippen molar-refractivity contribution in [3.8, 4) is 0 Å². The molecule has 0 atom stereocenters. The number of rotatable bonds is 5. The van der Waals surface area contributed by atoms with Crippen LogP contribution in [0.1, 0.15) is 23.2 Å². The van der Waals surface area contributed by atoms with Crippen LogP contribution in [0.5, 0.6) is 0 Å². The zero-order valence-electron chi connectivity index (χ0n) is 9.29. The van der Waals surface area contributed by atoms with Gasteiger partial charge >= 0.3 is 12.1 Å². The summed E-state index contributed by atoms with van der Waals surface area (Å²) in [5.74, 6) is -1.03. The predicted octanol–water partition coefficient (Wildman–Crippen LogP) is 2.12. The van der Waals surface area contributed by atoms with Gasteiger partial charge in [-0.25, -0.2) is 9.78 Å². The highest BCUT2D eigenvalue weighted by Crippen LogP contribution is 2.21. The molecule has 4 N–H and O–H groups in total. The highest BCUT2D eigenvalue weighted by atomic mass is 19.4. The van der Waals surface area contributed by atoms with E-state index in [-0.39, 0.29) is 30.0 Å². The maximum absolute atomic E-state index is 11.9. The van der Waals surface area contributed by atoms with Crippen LogP contribution in [0.2, 0.25) is 0 Å². The third-order valence-corrected chi connectivity index (χ3v) is 2.11. The molecule has 0 saturated carbocycles. The van der Waals surface area contributed by atoms with Gasteiger partial charge in [-0.15, -0.1) is 0 Å². The first-order valence-electron chi connectivity index (χ1n) is 5.09. The molecule has 0 aliphatic heterocycles. The lowest BCUT2D eigenvalue weighted by Crippen LogP contribution is -2.12. The Morgan fingerprint density at radius 3 is 2.72 bits per heavy atom. The van der Waals surface area contributed by atoms with Crippen LogP contribution in [0.4, 0.5) is 24.7 Å². The molecule has 0 aromatic carbocycles. The van der Waals surface area contributed by atoms with Crippen molar-refractivity contribution in [1.29, 1.82) is 0 Å². The van der Waals surface area contributed by atoms with E-state index >= 15 is 0 Å². The molecular weight excluding hydrogens is 251 g/mol. The summed E-state index contributed by atoms with van der Waals surface area (Å²) in [6.07, 6.45) is -4.06. The normalized spacial score (nSPS) is 11.3. The fraction of sp³-hybridized carbons (Fsp3) is 0.400. The van der Waals surface area contributed by atoms with Gasteiger partial charge in [-0.1, -0.05) is 0 Å². The van der Waals surface area contributed by atoms with Crippen molar-refractivity contribution in [3.63, 3.8) is 0 Å². The van der Waals surface area contributed by atoms with Crippen LogP contribution < -0.4 is 11.1 Å². The Hall–Kier alpha value is -1.99. The number of nitrogens with two attached hydrogens (primary N) is 1. The molecule has 1 rings (SSSR count). The summed E-state index contributed by atoms with van der Waals surface area (Å²) >= 11 is 0. The Kier molecular flexibility index (Phi) is 4.35. The largest absolute Gasteiger partial charge is 0.478 e. The number of nitrogen functional groups attached to an aromatic ring is 1. The van der Waals surface area contributed by atoms with Gasteiger partial charge < -0.3 is 16.2 Å². The summed E-state index contributed by atoms with van der Waals surface area (Å²) in [7, 11) is 0. The molecule has 0 amide bonds. The molecule has 0 spiro atoms. The number of aromatic nitrogens is 1. The monoisotopic (exact) mass is 263 g/mol. The molecule has 5 nitrogen and oxygen atoms in total. The number of nitrogens with zero attached hydrogens (tertiary/aromatic N) is 1. The number of carboxylic acids is 1. The molecule has 8 heteroatoms. The minimum absolute atomic E-state index is 0.00309. The third kappa shape index (κ3) is 4.48. The summed E-state index contributed by atoms with van der Waals surface area (Å²) in [6, 6.07) is 1.19. The highest BCUT2D eigenvalue weighted by Gasteiger charge is 2.25. The standard InChI is InChI=1S/C10H12F3N3O2/c11-10(12,13)2-1-3-15-8-4-6(9(17)18)7(14)5-16-8/h4-5H,1-3,14H2,(H,15,16)(H,17,18). The van der Waals surface area contributed by atoms with E-state index in [1.54, 1.807) is 0 Å². The number of halogens is 3. The number of hydrogen-bond acceptors (Lipinski definition) is 4. The van der Waals surface area contributed by atoms with Crippen LogP contribution in [-0.2, 0) is 0 Å².